The molecule has 0 radical (unpaired) electrons. The summed E-state index contributed by atoms with van der Waals surface area (Å²) in [7, 11) is 0. The number of anilines is 1. The topological polar surface area (TPSA) is 92.4 Å². The molecule has 4 aromatic rings. The molecule has 0 bridgehead atoms. The van der Waals surface area contributed by atoms with E-state index in [2.05, 4.69) is 32.3 Å². The Hall–Kier alpha value is -3.62. The second-order valence-corrected chi connectivity index (χ2v) is 9.72. The standard InChI is InChI=1S/C27H28ClN5O3/c1-17(34)32-27(2,3)19-6-10-21(11-7-19)36-26-29-23-16-22(28)24(30-25(23)31-26)18-4-8-20(9-5-18)33-12-14-35-15-13-33/h4-11,16H,12-15H2,1-3H3,(H,32,34)(H,29,30,31). The first kappa shape index (κ1) is 24.1. The van der Waals surface area contributed by atoms with Gasteiger partial charge < -0.3 is 24.7 Å². The van der Waals surface area contributed by atoms with E-state index in [0.717, 1.165) is 43.1 Å². The van der Waals surface area contributed by atoms with E-state index in [9.17, 15) is 4.79 Å². The molecule has 3 heterocycles. The van der Waals surface area contributed by atoms with Crippen molar-refractivity contribution in [1.82, 2.24) is 20.3 Å². The maximum atomic E-state index is 11.5. The van der Waals surface area contributed by atoms with Crippen LogP contribution in [0, 0.1) is 0 Å². The Labute approximate surface area is 214 Å². The lowest BCUT2D eigenvalue weighted by Crippen LogP contribution is -2.39. The van der Waals surface area contributed by atoms with E-state index < -0.39 is 5.54 Å². The van der Waals surface area contributed by atoms with Gasteiger partial charge >= 0.3 is 6.01 Å². The zero-order chi connectivity index (χ0) is 25.3. The molecular formula is C27H28ClN5O3. The Balaban J connectivity index is 1.34. The molecule has 0 spiro atoms. The lowest BCUT2D eigenvalue weighted by atomic mass is 9.94. The highest BCUT2D eigenvalue weighted by Crippen LogP contribution is 2.32. The summed E-state index contributed by atoms with van der Waals surface area (Å²) >= 11 is 6.58. The minimum atomic E-state index is -0.485. The predicted octanol–water partition coefficient (Wildman–Crippen LogP) is 5.28. The van der Waals surface area contributed by atoms with Gasteiger partial charge in [-0.05, 0) is 49.7 Å². The van der Waals surface area contributed by atoms with Crippen LogP contribution in [0.25, 0.3) is 22.4 Å². The number of fused-ring (bicyclic) bond motifs is 1. The summed E-state index contributed by atoms with van der Waals surface area (Å²) in [4.78, 5) is 26.1. The third kappa shape index (κ3) is 5.15. The fourth-order valence-electron chi connectivity index (χ4n) is 4.36. The zero-order valence-corrected chi connectivity index (χ0v) is 21.2. The molecule has 9 heteroatoms. The minimum Gasteiger partial charge on any atom is -0.426 e. The van der Waals surface area contributed by atoms with E-state index in [-0.39, 0.29) is 5.91 Å². The van der Waals surface area contributed by atoms with Crippen LogP contribution in [0.15, 0.2) is 54.6 Å². The first-order chi connectivity index (χ1) is 17.3. The molecule has 0 aliphatic carbocycles. The van der Waals surface area contributed by atoms with Crippen LogP contribution < -0.4 is 15.0 Å². The van der Waals surface area contributed by atoms with E-state index in [1.165, 1.54) is 6.92 Å². The molecule has 1 amide bonds. The monoisotopic (exact) mass is 505 g/mol. The second kappa shape index (κ2) is 9.79. The molecule has 1 aliphatic heterocycles. The maximum absolute atomic E-state index is 11.5. The number of nitrogens with one attached hydrogen (secondary N) is 2. The third-order valence-electron chi connectivity index (χ3n) is 6.20. The molecule has 0 atom stereocenters. The summed E-state index contributed by atoms with van der Waals surface area (Å²) < 4.78 is 11.4. The average Bonchev–Trinajstić information content (AvgIpc) is 3.24. The lowest BCUT2D eigenvalue weighted by molar-refractivity contribution is -0.120. The first-order valence-electron chi connectivity index (χ1n) is 11.8. The van der Waals surface area contributed by atoms with Crippen molar-refractivity contribution < 1.29 is 14.3 Å². The van der Waals surface area contributed by atoms with Gasteiger partial charge in [0.05, 0.1) is 35.0 Å². The number of halogens is 1. The van der Waals surface area contributed by atoms with Crippen LogP contribution in [0.4, 0.5) is 5.69 Å². The fraction of sp³-hybridized carbons (Fsp3) is 0.296. The Morgan fingerprint density at radius 1 is 1.08 bits per heavy atom. The van der Waals surface area contributed by atoms with Crippen LogP contribution in [0.3, 0.4) is 0 Å². The first-order valence-corrected chi connectivity index (χ1v) is 12.2. The highest BCUT2D eigenvalue weighted by molar-refractivity contribution is 6.33. The second-order valence-electron chi connectivity index (χ2n) is 9.31. The summed E-state index contributed by atoms with van der Waals surface area (Å²) in [5.74, 6) is 0.530. The largest absolute Gasteiger partial charge is 0.426 e. The van der Waals surface area contributed by atoms with Gasteiger partial charge in [-0.25, -0.2) is 4.98 Å². The number of benzene rings is 2. The van der Waals surface area contributed by atoms with Crippen LogP contribution in [0.1, 0.15) is 26.3 Å². The molecule has 5 rings (SSSR count). The number of ether oxygens (including phenoxy) is 2. The number of aromatic amines is 1. The van der Waals surface area contributed by atoms with E-state index in [0.29, 0.717) is 33.6 Å². The molecule has 0 unspecified atom stereocenters. The van der Waals surface area contributed by atoms with Crippen molar-refractivity contribution in [2.75, 3.05) is 31.2 Å². The number of morpholine rings is 1. The summed E-state index contributed by atoms with van der Waals surface area (Å²) in [6.07, 6.45) is 0. The molecule has 2 aromatic carbocycles. The van der Waals surface area contributed by atoms with Gasteiger partial charge in [0, 0.05) is 31.3 Å². The molecule has 1 saturated heterocycles. The number of pyridine rings is 1. The van der Waals surface area contributed by atoms with E-state index in [4.69, 9.17) is 26.1 Å². The Morgan fingerprint density at radius 3 is 2.44 bits per heavy atom. The van der Waals surface area contributed by atoms with E-state index >= 15 is 0 Å². The molecule has 8 nitrogen and oxygen atoms in total. The number of nitrogens with zero attached hydrogens (tertiary/aromatic N) is 3. The lowest BCUT2D eigenvalue weighted by Gasteiger charge is -2.28. The summed E-state index contributed by atoms with van der Waals surface area (Å²) in [6.45, 7) is 8.67. The molecule has 0 saturated carbocycles. The molecule has 1 fully saturated rings. The van der Waals surface area contributed by atoms with Gasteiger partial charge in [0.15, 0.2) is 5.65 Å². The molecule has 36 heavy (non-hydrogen) atoms. The van der Waals surface area contributed by atoms with Crippen LogP contribution in [-0.2, 0) is 15.1 Å². The quantitative estimate of drug-likeness (QED) is 0.370. The van der Waals surface area contributed by atoms with Crippen LogP contribution >= 0.6 is 11.6 Å². The molecule has 2 N–H and O–H groups in total. The molecule has 186 valence electrons. The van der Waals surface area contributed by atoms with Gasteiger partial charge in [-0.3, -0.25) is 4.79 Å². The number of carbonyl (C=O) groups is 1. The number of carbonyl (C=O) groups excluding carboxylic acids is 1. The van der Waals surface area contributed by atoms with Crippen molar-refractivity contribution in [1.29, 1.82) is 0 Å². The van der Waals surface area contributed by atoms with Gasteiger partial charge in [-0.15, -0.1) is 0 Å². The van der Waals surface area contributed by atoms with Gasteiger partial charge in [0.25, 0.3) is 0 Å². The maximum Gasteiger partial charge on any atom is 0.301 e. The molecule has 2 aromatic heterocycles. The molecule has 1 aliphatic rings. The van der Waals surface area contributed by atoms with Gasteiger partial charge in [0.1, 0.15) is 5.75 Å². The zero-order valence-electron chi connectivity index (χ0n) is 20.5. The number of hydrogen-bond acceptors (Lipinski definition) is 6. The van der Waals surface area contributed by atoms with Crippen molar-refractivity contribution in [3.8, 4) is 23.0 Å². The average molecular weight is 506 g/mol. The Bertz CT molecular complexity index is 1380. The van der Waals surface area contributed by atoms with Gasteiger partial charge in [-0.2, -0.15) is 4.98 Å². The van der Waals surface area contributed by atoms with Crippen LogP contribution in [-0.4, -0.2) is 47.2 Å². The van der Waals surface area contributed by atoms with Crippen molar-refractivity contribution in [2.24, 2.45) is 0 Å². The van der Waals surface area contributed by atoms with Crippen molar-refractivity contribution in [3.63, 3.8) is 0 Å². The SMILES string of the molecule is CC(=O)NC(C)(C)c1ccc(Oc2nc3nc(-c4ccc(N5CCOCC5)cc4)c(Cl)cc3[nH]2)cc1. The Kier molecular flexibility index (Phi) is 6.55. The number of hydrogen-bond donors (Lipinski definition) is 2. The minimum absolute atomic E-state index is 0.0822. The summed E-state index contributed by atoms with van der Waals surface area (Å²) in [5, 5.41) is 3.47. The van der Waals surface area contributed by atoms with Gasteiger partial charge in [-0.1, -0.05) is 35.9 Å². The van der Waals surface area contributed by atoms with E-state index in [1.807, 2.05) is 56.3 Å². The molecular weight excluding hydrogens is 478 g/mol. The predicted molar refractivity (Wildman–Crippen MR) is 141 cm³/mol. The smallest absolute Gasteiger partial charge is 0.301 e. The number of imidazole rings is 1. The number of amides is 1. The van der Waals surface area contributed by atoms with Gasteiger partial charge in [0.2, 0.25) is 5.91 Å². The highest BCUT2D eigenvalue weighted by Gasteiger charge is 2.21. The summed E-state index contributed by atoms with van der Waals surface area (Å²) in [5.41, 5.74) is 4.43. The number of aromatic nitrogens is 3. The van der Waals surface area contributed by atoms with Crippen molar-refractivity contribution >= 4 is 34.4 Å². The highest BCUT2D eigenvalue weighted by atomic mass is 35.5. The Morgan fingerprint density at radius 2 is 1.78 bits per heavy atom. The number of rotatable bonds is 6. The number of H-pyrrole nitrogens is 1. The van der Waals surface area contributed by atoms with Crippen LogP contribution in [0.5, 0.6) is 11.8 Å². The van der Waals surface area contributed by atoms with Crippen LogP contribution in [0.2, 0.25) is 5.02 Å². The van der Waals surface area contributed by atoms with E-state index in [1.54, 1.807) is 0 Å². The third-order valence-corrected chi connectivity index (χ3v) is 6.49. The fourth-order valence-corrected chi connectivity index (χ4v) is 4.62. The van der Waals surface area contributed by atoms with Crippen molar-refractivity contribution in [2.45, 2.75) is 26.3 Å². The normalized spacial score (nSPS) is 14.2. The summed E-state index contributed by atoms with van der Waals surface area (Å²) in [6, 6.07) is 17.9. The van der Waals surface area contributed by atoms with Crippen molar-refractivity contribution in [3.05, 3.63) is 65.2 Å².